The summed E-state index contributed by atoms with van der Waals surface area (Å²) in [7, 11) is 0. The molecule has 3 saturated heterocycles. The van der Waals surface area contributed by atoms with E-state index in [-0.39, 0.29) is 31.8 Å². The van der Waals surface area contributed by atoms with Crippen molar-refractivity contribution in [2.24, 2.45) is 5.92 Å². The Morgan fingerprint density at radius 3 is 1.91 bits per heavy atom. The quantitative estimate of drug-likeness (QED) is 0.0556. The molecule has 15 atom stereocenters. The molecule has 0 radical (unpaired) electrons. The molecule has 3 fully saturated rings. The molecule has 3 aliphatic rings. The lowest BCUT2D eigenvalue weighted by Gasteiger charge is -2.46. The maximum Gasteiger partial charge on any atom is 0.187 e. The molecule has 0 aromatic rings. The zero-order valence-corrected chi connectivity index (χ0v) is 26.9. The number of aliphatic hydroxyl groups excluding tert-OH is 9. The maximum atomic E-state index is 10.9. The van der Waals surface area contributed by atoms with Crippen molar-refractivity contribution in [2.75, 3.05) is 26.4 Å². The lowest BCUT2D eigenvalue weighted by atomic mass is 9.98. The molecule has 9 N–H and O–H groups in total. The monoisotopic (exact) mass is 672 g/mol. The van der Waals surface area contributed by atoms with Crippen LogP contribution in [-0.4, -0.2) is 165 Å². The predicted octanol–water partition coefficient (Wildman–Crippen LogP) is -2.16. The third-order valence-electron chi connectivity index (χ3n) is 8.38. The van der Waals surface area contributed by atoms with Crippen LogP contribution in [0.15, 0.2) is 0 Å². The van der Waals surface area contributed by atoms with Crippen LogP contribution in [0, 0.1) is 5.92 Å². The first-order valence-electron chi connectivity index (χ1n) is 16.4. The Hall–Kier alpha value is -0.640. The van der Waals surface area contributed by atoms with Crippen LogP contribution in [0.3, 0.4) is 0 Å². The molecule has 0 amide bonds. The van der Waals surface area contributed by atoms with Gasteiger partial charge >= 0.3 is 0 Å². The lowest BCUT2D eigenvalue weighted by molar-refractivity contribution is -0.381. The molecule has 0 aromatic carbocycles. The number of rotatable bonds is 18. The first-order chi connectivity index (χ1) is 21.9. The van der Waals surface area contributed by atoms with Crippen LogP contribution in [-0.2, 0) is 33.2 Å². The zero-order chi connectivity index (χ0) is 34.0. The lowest BCUT2D eigenvalue weighted by Crippen LogP contribution is -2.64. The van der Waals surface area contributed by atoms with Crippen LogP contribution in [0.1, 0.15) is 65.7 Å². The Kier molecular flexibility index (Phi) is 16.9. The minimum Gasteiger partial charge on any atom is -0.396 e. The van der Waals surface area contributed by atoms with Gasteiger partial charge in [-0.15, -0.1) is 0 Å². The van der Waals surface area contributed by atoms with Gasteiger partial charge in [0.1, 0.15) is 61.0 Å². The maximum absolute atomic E-state index is 10.9. The summed E-state index contributed by atoms with van der Waals surface area (Å²) < 4.78 is 40.4. The molecule has 16 nitrogen and oxygen atoms in total. The fourth-order valence-electron chi connectivity index (χ4n) is 5.60. The van der Waals surface area contributed by atoms with Crippen LogP contribution in [0.25, 0.3) is 0 Å². The van der Waals surface area contributed by atoms with E-state index in [2.05, 4.69) is 0 Å². The van der Waals surface area contributed by atoms with E-state index in [0.717, 1.165) is 12.8 Å². The van der Waals surface area contributed by atoms with Gasteiger partial charge in [-0.2, -0.15) is 0 Å². The van der Waals surface area contributed by atoms with Crippen LogP contribution >= 0.6 is 0 Å². The molecule has 0 spiro atoms. The molecule has 0 aliphatic carbocycles. The summed E-state index contributed by atoms with van der Waals surface area (Å²) in [5, 5.41) is 93.6. The average molecular weight is 673 g/mol. The molecular formula is C30H56O16. The van der Waals surface area contributed by atoms with Crippen LogP contribution in [0.4, 0.5) is 0 Å². The van der Waals surface area contributed by atoms with Gasteiger partial charge in [0.25, 0.3) is 0 Å². The van der Waals surface area contributed by atoms with Crippen molar-refractivity contribution in [3.63, 3.8) is 0 Å². The third-order valence-corrected chi connectivity index (χ3v) is 8.38. The van der Waals surface area contributed by atoms with Crippen LogP contribution in [0.5, 0.6) is 0 Å². The van der Waals surface area contributed by atoms with E-state index < -0.39 is 92.8 Å². The molecular weight excluding hydrogens is 616 g/mol. The fourth-order valence-corrected chi connectivity index (χ4v) is 5.60. The average Bonchev–Trinajstić information content (AvgIpc) is 3.01. The highest BCUT2D eigenvalue weighted by Gasteiger charge is 2.51. The minimum atomic E-state index is -1.82. The topological polar surface area (TPSA) is 247 Å². The van der Waals surface area contributed by atoms with Gasteiger partial charge in [-0.1, -0.05) is 33.6 Å². The van der Waals surface area contributed by atoms with Crippen LogP contribution < -0.4 is 0 Å². The number of aliphatic hydroxyl groups is 9. The second-order valence-electron chi connectivity index (χ2n) is 12.8. The molecule has 15 unspecified atom stereocenters. The summed E-state index contributed by atoms with van der Waals surface area (Å²) in [6.45, 7) is 4.82. The van der Waals surface area contributed by atoms with Gasteiger partial charge in [-0.25, -0.2) is 0 Å². The van der Waals surface area contributed by atoms with Gasteiger partial charge in [0.05, 0.1) is 25.9 Å². The largest absolute Gasteiger partial charge is 0.396 e. The molecule has 0 aromatic heterocycles. The summed E-state index contributed by atoms with van der Waals surface area (Å²) in [6.07, 6.45) is -16.6. The van der Waals surface area contributed by atoms with E-state index in [1.165, 1.54) is 0 Å². The van der Waals surface area contributed by atoms with Gasteiger partial charge in [0, 0.05) is 13.0 Å². The molecule has 3 heterocycles. The first-order valence-corrected chi connectivity index (χ1v) is 16.4. The van der Waals surface area contributed by atoms with Crippen molar-refractivity contribution in [3.8, 4) is 0 Å². The van der Waals surface area contributed by atoms with Gasteiger partial charge in [0.15, 0.2) is 25.2 Å². The van der Waals surface area contributed by atoms with E-state index >= 15 is 0 Å². The zero-order valence-electron chi connectivity index (χ0n) is 26.9. The van der Waals surface area contributed by atoms with Crippen LogP contribution in [0.2, 0.25) is 0 Å². The number of hydrogen-bond acceptors (Lipinski definition) is 16. The van der Waals surface area contributed by atoms with E-state index in [0.29, 0.717) is 32.1 Å². The molecule has 0 bridgehead atoms. The Morgan fingerprint density at radius 1 is 0.717 bits per heavy atom. The standard InChI is InChI=1S/C30H56O16/c1-4-5-8-16(9-6-7-10-31)43-29-26(21(35)17(32)12-41-29)46-30-27(22(36)18(33)13-42-30)45-28-25(39)24(38)23(37)19(44-28)14-40-20(34)11-15(2)3/h15-39H,4-14H2,1-3H3. The summed E-state index contributed by atoms with van der Waals surface area (Å²) in [4.78, 5) is 0. The second kappa shape index (κ2) is 19.5. The number of hydrogen-bond donors (Lipinski definition) is 9. The summed E-state index contributed by atoms with van der Waals surface area (Å²) in [6, 6.07) is 0. The molecule has 16 heteroatoms. The minimum absolute atomic E-state index is 0.0366. The first kappa shape index (κ1) is 39.8. The number of ether oxygens (including phenoxy) is 7. The molecule has 272 valence electrons. The van der Waals surface area contributed by atoms with Gasteiger partial charge in [-0.3, -0.25) is 0 Å². The van der Waals surface area contributed by atoms with Crippen molar-refractivity contribution in [2.45, 2.75) is 158 Å². The van der Waals surface area contributed by atoms with Gasteiger partial charge in [-0.05, 0) is 31.6 Å². The summed E-state index contributed by atoms with van der Waals surface area (Å²) >= 11 is 0. The van der Waals surface area contributed by atoms with Crippen molar-refractivity contribution in [1.82, 2.24) is 0 Å². The Balaban J connectivity index is 1.76. The summed E-state index contributed by atoms with van der Waals surface area (Å²) in [5.74, 6) is 0.111. The van der Waals surface area contributed by atoms with Crippen molar-refractivity contribution < 1.29 is 79.1 Å². The van der Waals surface area contributed by atoms with Crippen molar-refractivity contribution >= 4 is 0 Å². The highest BCUT2D eigenvalue weighted by atomic mass is 16.8. The molecule has 3 aliphatic heterocycles. The number of unbranched alkanes of at least 4 members (excludes halogenated alkanes) is 2. The van der Waals surface area contributed by atoms with Gasteiger partial charge < -0.3 is 79.1 Å². The highest BCUT2D eigenvalue weighted by molar-refractivity contribution is 4.93. The smallest absolute Gasteiger partial charge is 0.187 e. The predicted molar refractivity (Wildman–Crippen MR) is 157 cm³/mol. The normalized spacial score (nSPS) is 40.2. The van der Waals surface area contributed by atoms with Crippen molar-refractivity contribution in [3.05, 3.63) is 0 Å². The van der Waals surface area contributed by atoms with E-state index in [1.807, 2.05) is 20.8 Å². The Bertz CT molecular complexity index is 839. The van der Waals surface area contributed by atoms with Crippen molar-refractivity contribution in [1.29, 1.82) is 0 Å². The summed E-state index contributed by atoms with van der Waals surface area (Å²) in [5.41, 5.74) is 0. The van der Waals surface area contributed by atoms with E-state index in [1.54, 1.807) is 0 Å². The van der Waals surface area contributed by atoms with Gasteiger partial charge in [0.2, 0.25) is 0 Å². The van der Waals surface area contributed by atoms with E-state index in [4.69, 9.17) is 33.2 Å². The third kappa shape index (κ3) is 11.2. The molecule has 0 saturated carbocycles. The molecule has 46 heavy (non-hydrogen) atoms. The van der Waals surface area contributed by atoms with E-state index in [9.17, 15) is 46.0 Å². The SMILES string of the molecule is CCCCC(CCCCO)OC1OCC(O)C(O)C1OC1OCC(O)C(O)C1OC1OC(COC(O)CC(C)C)C(O)C(O)C1O. The Morgan fingerprint density at radius 2 is 1.30 bits per heavy atom. The Labute approximate surface area is 269 Å². The second-order valence-corrected chi connectivity index (χ2v) is 12.8. The molecule has 3 rings (SSSR count). The fraction of sp³-hybridized carbons (Fsp3) is 1.00. The highest BCUT2D eigenvalue weighted by Crippen LogP contribution is 2.31.